The van der Waals surface area contributed by atoms with Crippen LogP contribution in [0.15, 0.2) is 162 Å². The van der Waals surface area contributed by atoms with E-state index in [9.17, 15) is 0 Å². The molecule has 0 saturated heterocycles. The third-order valence-electron chi connectivity index (χ3n) is 8.35. The summed E-state index contributed by atoms with van der Waals surface area (Å²) in [6, 6.07) is 51.9. The van der Waals surface area contributed by atoms with Crippen molar-refractivity contribution in [3.8, 4) is 68.1 Å². The van der Waals surface area contributed by atoms with Crippen molar-refractivity contribution in [2.45, 2.75) is 0 Å². The molecule has 0 fully saturated rings. The van der Waals surface area contributed by atoms with Crippen molar-refractivity contribution < 1.29 is 4.42 Å². The van der Waals surface area contributed by atoms with Gasteiger partial charge in [-0.05, 0) is 42.5 Å². The van der Waals surface area contributed by atoms with Crippen molar-refractivity contribution in [1.82, 2.24) is 29.9 Å². The van der Waals surface area contributed by atoms with Crippen LogP contribution in [-0.2, 0) is 0 Å². The van der Waals surface area contributed by atoms with Crippen LogP contribution in [0.3, 0.4) is 0 Å². The Morgan fingerprint density at radius 3 is 1.37 bits per heavy atom. The molecule has 0 aliphatic carbocycles. The van der Waals surface area contributed by atoms with Crippen LogP contribution in [-0.4, -0.2) is 29.9 Å². The highest BCUT2D eigenvalue weighted by Crippen LogP contribution is 2.35. The van der Waals surface area contributed by atoms with E-state index < -0.39 is 0 Å². The zero-order valence-electron chi connectivity index (χ0n) is 26.1. The van der Waals surface area contributed by atoms with Crippen molar-refractivity contribution in [3.05, 3.63) is 158 Å². The number of rotatable bonds is 6. The van der Waals surface area contributed by atoms with Crippen molar-refractivity contribution in [3.63, 3.8) is 0 Å². The van der Waals surface area contributed by atoms with Gasteiger partial charge < -0.3 is 4.42 Å². The summed E-state index contributed by atoms with van der Waals surface area (Å²) < 4.78 is 6.24. The molecule has 49 heavy (non-hydrogen) atoms. The molecule has 230 valence electrons. The van der Waals surface area contributed by atoms with Crippen LogP contribution in [0, 0.1) is 0 Å². The number of aromatic nitrogens is 6. The lowest BCUT2D eigenvalue weighted by molar-refractivity contribution is 0.620. The summed E-state index contributed by atoms with van der Waals surface area (Å²) in [4.78, 5) is 29.8. The molecule has 0 amide bonds. The lowest BCUT2D eigenvalue weighted by Crippen LogP contribution is -2.00. The summed E-state index contributed by atoms with van der Waals surface area (Å²) >= 11 is 0. The summed E-state index contributed by atoms with van der Waals surface area (Å²) in [5, 5.41) is 0. The second-order valence-corrected chi connectivity index (χ2v) is 11.6. The average molecular weight is 631 g/mol. The number of hydrogen-bond donors (Lipinski definition) is 0. The molecular weight excluding hydrogens is 605 g/mol. The predicted octanol–water partition coefficient (Wildman–Crippen LogP) is 9.96. The van der Waals surface area contributed by atoms with Gasteiger partial charge in [0.05, 0.1) is 22.4 Å². The maximum absolute atomic E-state index is 6.24. The lowest BCUT2D eigenvalue weighted by Gasteiger charge is -2.12. The van der Waals surface area contributed by atoms with Gasteiger partial charge in [-0.3, -0.25) is 0 Å². The molecule has 3 aromatic heterocycles. The van der Waals surface area contributed by atoms with Gasteiger partial charge in [-0.25, -0.2) is 29.9 Å². The molecule has 0 radical (unpaired) electrons. The van der Waals surface area contributed by atoms with Gasteiger partial charge in [0.15, 0.2) is 23.1 Å². The van der Waals surface area contributed by atoms with Crippen LogP contribution in [0.4, 0.5) is 0 Å². The highest BCUT2D eigenvalue weighted by molar-refractivity contribution is 5.90. The first-order valence-electron chi connectivity index (χ1n) is 16.0. The molecule has 0 atom stereocenters. The molecule has 7 heteroatoms. The van der Waals surface area contributed by atoms with Gasteiger partial charge in [-0.1, -0.05) is 115 Å². The number of hydrogen-bond acceptors (Lipinski definition) is 7. The zero-order chi connectivity index (χ0) is 32.6. The van der Waals surface area contributed by atoms with Gasteiger partial charge in [0.25, 0.3) is 0 Å². The number of para-hydroxylation sites is 2. The van der Waals surface area contributed by atoms with Gasteiger partial charge in [-0.2, -0.15) is 0 Å². The molecule has 9 rings (SSSR count). The summed E-state index contributed by atoms with van der Waals surface area (Å²) in [6.07, 6.45) is 0. The van der Waals surface area contributed by atoms with E-state index in [1.165, 1.54) is 0 Å². The standard InChI is InChI=1S/C42H26N6O/c1-4-13-27(14-5-1)39-46-40(28-15-6-2-7-16-28)48-41(47-39)32-20-12-19-30(25-32)37-38(44-34-22-11-10-21-33(34)43-37)31-23-24-35-36(26-31)49-42(45-35)29-17-8-3-9-18-29/h1-26H. The van der Waals surface area contributed by atoms with Gasteiger partial charge in [-0.15, -0.1) is 0 Å². The SMILES string of the molecule is c1ccc(-c2nc(-c3ccccc3)nc(-c3cccc(-c4nc5ccccc5nc4-c4ccc5nc(-c6ccccc6)oc5c4)c3)n2)cc1. The topological polar surface area (TPSA) is 90.5 Å². The van der Waals surface area contributed by atoms with E-state index in [1.54, 1.807) is 0 Å². The zero-order valence-corrected chi connectivity index (χ0v) is 26.1. The fraction of sp³-hybridized carbons (Fsp3) is 0. The Kier molecular flexibility index (Phi) is 6.98. The maximum Gasteiger partial charge on any atom is 0.227 e. The molecule has 0 bridgehead atoms. The van der Waals surface area contributed by atoms with Crippen LogP contribution >= 0.6 is 0 Å². The van der Waals surface area contributed by atoms with E-state index in [-0.39, 0.29) is 0 Å². The van der Waals surface area contributed by atoms with Crippen LogP contribution < -0.4 is 0 Å². The van der Waals surface area contributed by atoms with Gasteiger partial charge in [0.1, 0.15) is 5.52 Å². The minimum Gasteiger partial charge on any atom is -0.436 e. The molecule has 0 unspecified atom stereocenters. The Labute approximate surface area is 281 Å². The number of oxazole rings is 1. The van der Waals surface area contributed by atoms with Crippen molar-refractivity contribution in [2.24, 2.45) is 0 Å². The predicted molar refractivity (Wildman–Crippen MR) is 193 cm³/mol. The van der Waals surface area contributed by atoms with E-state index in [0.717, 1.165) is 61.3 Å². The Morgan fingerprint density at radius 1 is 0.306 bits per heavy atom. The normalized spacial score (nSPS) is 11.3. The molecule has 9 aromatic rings. The van der Waals surface area contributed by atoms with Crippen LogP contribution in [0.25, 0.3) is 90.3 Å². The molecule has 0 spiro atoms. The van der Waals surface area contributed by atoms with E-state index in [4.69, 9.17) is 34.3 Å². The fourth-order valence-corrected chi connectivity index (χ4v) is 5.92. The number of nitrogens with zero attached hydrogens (tertiary/aromatic N) is 6. The van der Waals surface area contributed by atoms with Gasteiger partial charge >= 0.3 is 0 Å². The summed E-state index contributed by atoms with van der Waals surface area (Å²) in [5.74, 6) is 2.36. The second kappa shape index (κ2) is 12.1. The van der Waals surface area contributed by atoms with E-state index in [1.807, 2.05) is 152 Å². The quantitative estimate of drug-likeness (QED) is 0.181. The first-order valence-corrected chi connectivity index (χ1v) is 16.0. The van der Waals surface area contributed by atoms with Crippen LogP contribution in [0.5, 0.6) is 0 Å². The monoisotopic (exact) mass is 630 g/mol. The van der Waals surface area contributed by atoms with E-state index in [2.05, 4.69) is 6.07 Å². The Morgan fingerprint density at radius 2 is 0.776 bits per heavy atom. The van der Waals surface area contributed by atoms with Crippen LogP contribution in [0.1, 0.15) is 0 Å². The molecule has 3 heterocycles. The van der Waals surface area contributed by atoms with Gasteiger partial charge in [0, 0.05) is 33.4 Å². The lowest BCUT2D eigenvalue weighted by atomic mass is 10.0. The summed E-state index contributed by atoms with van der Waals surface area (Å²) in [7, 11) is 0. The smallest absolute Gasteiger partial charge is 0.227 e. The van der Waals surface area contributed by atoms with Crippen LogP contribution in [0.2, 0.25) is 0 Å². The third-order valence-corrected chi connectivity index (χ3v) is 8.35. The Hall–Kier alpha value is -6.86. The van der Waals surface area contributed by atoms with E-state index >= 15 is 0 Å². The number of benzene rings is 6. The molecule has 7 nitrogen and oxygen atoms in total. The summed E-state index contributed by atoms with van der Waals surface area (Å²) in [6.45, 7) is 0. The largest absolute Gasteiger partial charge is 0.436 e. The Balaban J connectivity index is 1.19. The Bertz CT molecular complexity index is 2550. The summed E-state index contributed by atoms with van der Waals surface area (Å²) in [5.41, 5.74) is 9.90. The first kappa shape index (κ1) is 28.4. The first-order chi connectivity index (χ1) is 24.2. The molecule has 0 saturated carbocycles. The molecule has 0 aliphatic rings. The molecular formula is C42H26N6O. The fourth-order valence-electron chi connectivity index (χ4n) is 5.92. The van der Waals surface area contributed by atoms with Gasteiger partial charge in [0.2, 0.25) is 5.89 Å². The van der Waals surface area contributed by atoms with Crippen molar-refractivity contribution in [1.29, 1.82) is 0 Å². The van der Waals surface area contributed by atoms with E-state index in [0.29, 0.717) is 28.9 Å². The maximum atomic E-state index is 6.24. The highest BCUT2D eigenvalue weighted by Gasteiger charge is 2.18. The highest BCUT2D eigenvalue weighted by atomic mass is 16.3. The van der Waals surface area contributed by atoms with Crippen molar-refractivity contribution >= 4 is 22.1 Å². The van der Waals surface area contributed by atoms with Crippen molar-refractivity contribution in [2.75, 3.05) is 0 Å². The molecule has 6 aromatic carbocycles. The second-order valence-electron chi connectivity index (χ2n) is 11.6. The third kappa shape index (κ3) is 5.49. The average Bonchev–Trinajstić information content (AvgIpc) is 3.62. The minimum absolute atomic E-state index is 0.571. The number of fused-ring (bicyclic) bond motifs is 2. The molecule has 0 aliphatic heterocycles. The minimum atomic E-state index is 0.571. The molecule has 0 N–H and O–H groups in total.